The van der Waals surface area contributed by atoms with Crippen LogP contribution < -0.4 is 14.5 Å². The van der Waals surface area contributed by atoms with Crippen LogP contribution in [0.15, 0.2) is 48.7 Å². The van der Waals surface area contributed by atoms with Gasteiger partial charge in [0, 0.05) is 62.6 Å². The van der Waals surface area contributed by atoms with E-state index in [9.17, 15) is 9.18 Å². The number of amides is 1. The van der Waals surface area contributed by atoms with Crippen molar-refractivity contribution >= 4 is 28.2 Å². The molecular formula is C25H27FN4O2. The molecule has 0 spiro atoms. The van der Waals surface area contributed by atoms with Crippen LogP contribution in [0.25, 0.3) is 10.9 Å². The maximum atomic E-state index is 14.2. The Morgan fingerprint density at radius 2 is 1.72 bits per heavy atom. The Labute approximate surface area is 187 Å². The summed E-state index contributed by atoms with van der Waals surface area (Å²) < 4.78 is 19.6. The highest BCUT2D eigenvalue weighted by molar-refractivity contribution is 6.07. The fourth-order valence-electron chi connectivity index (χ4n) is 4.73. The number of anilines is 2. The highest BCUT2D eigenvalue weighted by Crippen LogP contribution is 2.33. The topological polar surface area (TPSA) is 48.9 Å². The number of pyridine rings is 1. The van der Waals surface area contributed by atoms with E-state index in [1.165, 1.54) is 12.1 Å². The van der Waals surface area contributed by atoms with Crippen molar-refractivity contribution in [2.45, 2.75) is 12.8 Å². The van der Waals surface area contributed by atoms with Crippen molar-refractivity contribution in [1.29, 1.82) is 0 Å². The van der Waals surface area contributed by atoms with Crippen molar-refractivity contribution < 1.29 is 13.9 Å². The molecule has 2 aliphatic heterocycles. The van der Waals surface area contributed by atoms with Crippen molar-refractivity contribution in [3.05, 3.63) is 60.0 Å². The van der Waals surface area contributed by atoms with Crippen LogP contribution in [-0.4, -0.2) is 62.2 Å². The summed E-state index contributed by atoms with van der Waals surface area (Å²) in [4.78, 5) is 24.2. The number of carbonyl (C=O) groups is 1. The van der Waals surface area contributed by atoms with Gasteiger partial charge in [0.15, 0.2) is 0 Å². The number of hydrogen-bond acceptors (Lipinski definition) is 5. The molecule has 0 unspecified atom stereocenters. The third-order valence-electron chi connectivity index (χ3n) is 6.44. The molecule has 166 valence electrons. The number of carbonyl (C=O) groups excluding carboxylic acids is 1. The van der Waals surface area contributed by atoms with Crippen LogP contribution in [0.2, 0.25) is 0 Å². The van der Waals surface area contributed by atoms with Gasteiger partial charge in [0.2, 0.25) is 0 Å². The fraction of sp³-hybridized carbons (Fsp3) is 0.360. The summed E-state index contributed by atoms with van der Waals surface area (Å²) in [5.74, 6) is 0.506. The first-order valence-electron chi connectivity index (χ1n) is 11.2. The molecule has 0 bridgehead atoms. The zero-order chi connectivity index (χ0) is 22.1. The molecule has 0 saturated carbocycles. The molecule has 1 amide bonds. The SMILES string of the molecule is COc1cccc(N2CCN(c3c(C(=O)N4CCCC4)cnc4ccc(F)cc34)CC2)c1. The first-order chi connectivity index (χ1) is 15.6. The van der Waals surface area contributed by atoms with E-state index < -0.39 is 0 Å². The summed E-state index contributed by atoms with van der Waals surface area (Å²) in [7, 11) is 1.67. The predicted octanol–water partition coefficient (Wildman–Crippen LogP) is 3.95. The third-order valence-corrected chi connectivity index (χ3v) is 6.44. The van der Waals surface area contributed by atoms with Crippen molar-refractivity contribution in [3.8, 4) is 5.75 Å². The Balaban J connectivity index is 1.48. The number of aromatic nitrogens is 1. The summed E-state index contributed by atoms with van der Waals surface area (Å²) in [6.45, 7) is 4.58. The van der Waals surface area contributed by atoms with E-state index in [2.05, 4.69) is 20.9 Å². The van der Waals surface area contributed by atoms with Crippen molar-refractivity contribution in [1.82, 2.24) is 9.88 Å². The minimum atomic E-state index is -0.318. The second-order valence-corrected chi connectivity index (χ2v) is 8.36. The van der Waals surface area contributed by atoms with Gasteiger partial charge in [-0.15, -0.1) is 0 Å². The molecule has 7 heteroatoms. The fourth-order valence-corrected chi connectivity index (χ4v) is 4.73. The maximum absolute atomic E-state index is 14.2. The molecule has 0 atom stereocenters. The maximum Gasteiger partial charge on any atom is 0.257 e. The first-order valence-corrected chi connectivity index (χ1v) is 11.2. The van der Waals surface area contributed by atoms with Crippen LogP contribution in [0.1, 0.15) is 23.2 Å². The molecule has 0 N–H and O–H groups in total. The molecule has 3 heterocycles. The number of likely N-dealkylation sites (tertiary alicyclic amines) is 1. The second kappa shape index (κ2) is 8.65. The van der Waals surface area contributed by atoms with Gasteiger partial charge in [-0.25, -0.2) is 4.39 Å². The molecule has 32 heavy (non-hydrogen) atoms. The molecule has 5 rings (SSSR count). The van der Waals surface area contributed by atoms with E-state index in [-0.39, 0.29) is 11.7 Å². The van der Waals surface area contributed by atoms with Gasteiger partial charge in [0.05, 0.1) is 23.9 Å². The summed E-state index contributed by atoms with van der Waals surface area (Å²) in [5.41, 5.74) is 3.19. The van der Waals surface area contributed by atoms with Crippen LogP contribution >= 0.6 is 0 Å². The van der Waals surface area contributed by atoms with Crippen LogP contribution in [0, 0.1) is 5.82 Å². The average Bonchev–Trinajstić information content (AvgIpc) is 3.38. The number of fused-ring (bicyclic) bond motifs is 1. The third kappa shape index (κ3) is 3.83. The molecule has 1 aromatic heterocycles. The normalized spacial score (nSPS) is 16.6. The lowest BCUT2D eigenvalue weighted by atomic mass is 10.1. The molecule has 6 nitrogen and oxygen atoms in total. The van der Waals surface area contributed by atoms with Crippen molar-refractivity contribution in [2.75, 3.05) is 56.2 Å². The van der Waals surface area contributed by atoms with Gasteiger partial charge in [-0.2, -0.15) is 0 Å². The van der Waals surface area contributed by atoms with Crippen molar-refractivity contribution in [3.63, 3.8) is 0 Å². The monoisotopic (exact) mass is 434 g/mol. The van der Waals surface area contributed by atoms with E-state index in [0.717, 1.165) is 69.2 Å². The highest BCUT2D eigenvalue weighted by Gasteiger charge is 2.28. The number of benzene rings is 2. The van der Waals surface area contributed by atoms with E-state index in [1.54, 1.807) is 19.4 Å². The Morgan fingerprint density at radius 1 is 0.969 bits per heavy atom. The second-order valence-electron chi connectivity index (χ2n) is 8.36. The number of ether oxygens (including phenoxy) is 1. The summed E-state index contributed by atoms with van der Waals surface area (Å²) in [5, 5.41) is 0.699. The zero-order valence-corrected chi connectivity index (χ0v) is 18.3. The highest BCUT2D eigenvalue weighted by atomic mass is 19.1. The molecule has 2 aliphatic rings. The van der Waals surface area contributed by atoms with E-state index in [4.69, 9.17) is 4.74 Å². The number of rotatable bonds is 4. The smallest absolute Gasteiger partial charge is 0.257 e. The molecule has 2 fully saturated rings. The standard InChI is InChI=1S/C25H27FN4O2/c1-32-20-6-4-5-19(16-20)28-11-13-29(14-12-28)24-21-15-18(26)7-8-23(21)27-17-22(24)25(31)30-9-2-3-10-30/h4-8,15-17H,2-3,9-14H2,1H3. The Kier molecular flexibility index (Phi) is 5.55. The van der Waals surface area contributed by atoms with Gasteiger partial charge in [-0.05, 0) is 43.2 Å². The van der Waals surface area contributed by atoms with Crippen LogP contribution in [0.4, 0.5) is 15.8 Å². The summed E-state index contributed by atoms with van der Waals surface area (Å²) in [6.07, 6.45) is 3.72. The lowest BCUT2D eigenvalue weighted by Crippen LogP contribution is -2.47. The molecule has 0 aliphatic carbocycles. The molecule has 2 saturated heterocycles. The molecule has 2 aromatic carbocycles. The number of nitrogens with zero attached hydrogens (tertiary/aromatic N) is 4. The van der Waals surface area contributed by atoms with Gasteiger partial charge in [-0.3, -0.25) is 9.78 Å². The van der Waals surface area contributed by atoms with Gasteiger partial charge in [0.1, 0.15) is 11.6 Å². The lowest BCUT2D eigenvalue weighted by Gasteiger charge is -2.38. The van der Waals surface area contributed by atoms with Gasteiger partial charge >= 0.3 is 0 Å². The van der Waals surface area contributed by atoms with Gasteiger partial charge in [0.25, 0.3) is 5.91 Å². The van der Waals surface area contributed by atoms with Crippen LogP contribution in [0.3, 0.4) is 0 Å². The minimum absolute atomic E-state index is 0.00798. The predicted molar refractivity (Wildman–Crippen MR) is 124 cm³/mol. The van der Waals surface area contributed by atoms with E-state index >= 15 is 0 Å². The average molecular weight is 435 g/mol. The van der Waals surface area contributed by atoms with Gasteiger partial charge < -0.3 is 19.4 Å². The Bertz CT molecular complexity index is 1140. The molecular weight excluding hydrogens is 407 g/mol. The first kappa shape index (κ1) is 20.5. The Hall–Kier alpha value is -3.35. The molecule has 3 aromatic rings. The lowest BCUT2D eigenvalue weighted by molar-refractivity contribution is 0.0793. The summed E-state index contributed by atoms with van der Waals surface area (Å²) in [6, 6.07) is 12.7. The van der Waals surface area contributed by atoms with E-state index in [0.29, 0.717) is 16.5 Å². The van der Waals surface area contributed by atoms with Crippen molar-refractivity contribution in [2.24, 2.45) is 0 Å². The van der Waals surface area contributed by atoms with Gasteiger partial charge in [-0.1, -0.05) is 6.07 Å². The van der Waals surface area contributed by atoms with Crippen LogP contribution in [0.5, 0.6) is 5.75 Å². The summed E-state index contributed by atoms with van der Waals surface area (Å²) >= 11 is 0. The molecule has 0 radical (unpaired) electrons. The number of halogens is 1. The number of piperazine rings is 1. The number of methoxy groups -OCH3 is 1. The Morgan fingerprint density at radius 3 is 2.47 bits per heavy atom. The quantitative estimate of drug-likeness (QED) is 0.623. The largest absolute Gasteiger partial charge is 0.497 e. The minimum Gasteiger partial charge on any atom is -0.497 e. The number of hydrogen-bond donors (Lipinski definition) is 0. The van der Waals surface area contributed by atoms with Crippen LogP contribution in [-0.2, 0) is 0 Å². The zero-order valence-electron chi connectivity index (χ0n) is 18.3. The van der Waals surface area contributed by atoms with E-state index in [1.807, 2.05) is 23.1 Å².